The van der Waals surface area contributed by atoms with Crippen LogP contribution in [0.2, 0.25) is 0 Å². The number of rotatable bonds is 10. The number of nitrogens with zero attached hydrogens (tertiary/aromatic N) is 1. The predicted molar refractivity (Wildman–Crippen MR) is 73.8 cm³/mol. The molecule has 7 nitrogen and oxygen atoms in total. The third kappa shape index (κ3) is 5.22. The molecule has 1 rings (SSSR count). The largest absolute Gasteiger partial charge is 0.447 e. The molecule has 0 atom stereocenters. The van der Waals surface area contributed by atoms with Crippen LogP contribution in [-0.2, 0) is 21.3 Å². The van der Waals surface area contributed by atoms with E-state index in [0.29, 0.717) is 25.5 Å². The van der Waals surface area contributed by atoms with E-state index in [-0.39, 0.29) is 11.7 Å². The van der Waals surface area contributed by atoms with Crippen molar-refractivity contribution in [1.29, 1.82) is 0 Å². The average molecular weight is 306 g/mol. The molecule has 0 aliphatic rings. The summed E-state index contributed by atoms with van der Waals surface area (Å²) in [6.45, 7) is 2.14. The van der Waals surface area contributed by atoms with Crippen molar-refractivity contribution in [3.63, 3.8) is 0 Å². The summed E-state index contributed by atoms with van der Waals surface area (Å²) in [7, 11) is -0.585. The van der Waals surface area contributed by atoms with E-state index in [1.54, 1.807) is 6.07 Å². The van der Waals surface area contributed by atoms with Crippen molar-refractivity contribution in [2.24, 2.45) is 0 Å². The van der Waals surface area contributed by atoms with Gasteiger partial charge in [0, 0.05) is 20.7 Å². The molecule has 0 radical (unpaired) electrons. The SMILES string of the molecule is CN(C)S(=O)(=O)c1ccc(CNCCCOCCO)o1. The molecule has 1 aromatic rings. The Morgan fingerprint density at radius 1 is 1.35 bits per heavy atom. The average Bonchev–Trinajstić information content (AvgIpc) is 2.87. The van der Waals surface area contributed by atoms with Gasteiger partial charge in [-0.15, -0.1) is 0 Å². The number of ether oxygens (including phenoxy) is 1. The second kappa shape index (κ2) is 8.38. The van der Waals surface area contributed by atoms with Gasteiger partial charge in [-0.1, -0.05) is 0 Å². The summed E-state index contributed by atoms with van der Waals surface area (Å²) in [5.41, 5.74) is 0. The number of aliphatic hydroxyl groups is 1. The molecule has 0 aliphatic carbocycles. The predicted octanol–water partition coefficient (Wildman–Crippen LogP) is 0.0185. The Hall–Kier alpha value is -0.930. The summed E-state index contributed by atoms with van der Waals surface area (Å²) >= 11 is 0. The van der Waals surface area contributed by atoms with Crippen molar-refractivity contribution >= 4 is 10.0 Å². The lowest BCUT2D eigenvalue weighted by Crippen LogP contribution is -2.21. The Labute approximate surface area is 119 Å². The van der Waals surface area contributed by atoms with Gasteiger partial charge in [-0.3, -0.25) is 0 Å². The van der Waals surface area contributed by atoms with E-state index < -0.39 is 10.0 Å². The van der Waals surface area contributed by atoms with Gasteiger partial charge in [0.05, 0.1) is 19.8 Å². The molecule has 1 aromatic heterocycles. The third-order valence-corrected chi connectivity index (χ3v) is 4.24. The molecular formula is C12H22N2O5S. The first-order valence-electron chi connectivity index (χ1n) is 6.39. The summed E-state index contributed by atoms with van der Waals surface area (Å²) in [4.78, 5) is 0. The van der Waals surface area contributed by atoms with Gasteiger partial charge in [0.1, 0.15) is 5.76 Å². The molecule has 0 spiro atoms. The molecule has 0 saturated carbocycles. The second-order valence-electron chi connectivity index (χ2n) is 4.37. The first kappa shape index (κ1) is 17.1. The Bertz CT molecular complexity index is 484. The van der Waals surface area contributed by atoms with Crippen LogP contribution in [0.15, 0.2) is 21.6 Å². The van der Waals surface area contributed by atoms with E-state index in [1.807, 2.05) is 0 Å². The molecule has 116 valence electrons. The minimum absolute atomic E-state index is 0.0307. The van der Waals surface area contributed by atoms with Crippen LogP contribution in [0.25, 0.3) is 0 Å². The number of furan rings is 1. The van der Waals surface area contributed by atoms with Crippen LogP contribution in [-0.4, -0.2) is 58.3 Å². The lowest BCUT2D eigenvalue weighted by Gasteiger charge is -2.08. The van der Waals surface area contributed by atoms with E-state index in [9.17, 15) is 8.42 Å². The number of hydrogen-bond donors (Lipinski definition) is 2. The van der Waals surface area contributed by atoms with Crippen LogP contribution in [0.1, 0.15) is 12.2 Å². The number of aliphatic hydroxyl groups excluding tert-OH is 1. The molecule has 1 heterocycles. The van der Waals surface area contributed by atoms with Gasteiger partial charge in [0.25, 0.3) is 10.0 Å². The van der Waals surface area contributed by atoms with E-state index in [4.69, 9.17) is 14.3 Å². The zero-order chi connectivity index (χ0) is 15.0. The molecule has 0 bridgehead atoms. The van der Waals surface area contributed by atoms with Crippen molar-refractivity contribution in [3.05, 3.63) is 17.9 Å². The Morgan fingerprint density at radius 3 is 2.75 bits per heavy atom. The van der Waals surface area contributed by atoms with Crippen LogP contribution in [0.5, 0.6) is 0 Å². The smallest absolute Gasteiger partial charge is 0.275 e. The molecule has 0 saturated heterocycles. The van der Waals surface area contributed by atoms with Gasteiger partial charge in [-0.05, 0) is 25.1 Å². The zero-order valence-electron chi connectivity index (χ0n) is 11.8. The standard InChI is InChI=1S/C12H22N2O5S/c1-14(2)20(16,17)12-5-4-11(19-12)10-13-6-3-8-18-9-7-15/h4-5,13,15H,3,6-10H2,1-2H3. The highest BCUT2D eigenvalue weighted by molar-refractivity contribution is 7.88. The summed E-state index contributed by atoms with van der Waals surface area (Å²) < 4.78 is 35.1. The maximum absolute atomic E-state index is 11.8. The normalized spacial score (nSPS) is 12.2. The fourth-order valence-corrected chi connectivity index (χ4v) is 2.26. The summed E-state index contributed by atoms with van der Waals surface area (Å²) in [6.07, 6.45) is 0.809. The number of hydrogen-bond acceptors (Lipinski definition) is 6. The van der Waals surface area contributed by atoms with E-state index in [1.165, 1.54) is 20.2 Å². The molecule has 20 heavy (non-hydrogen) atoms. The van der Waals surface area contributed by atoms with Gasteiger partial charge >= 0.3 is 0 Å². The summed E-state index contributed by atoms with van der Waals surface area (Å²) in [5.74, 6) is 0.571. The van der Waals surface area contributed by atoms with E-state index in [0.717, 1.165) is 17.3 Å². The van der Waals surface area contributed by atoms with Gasteiger partial charge in [0.15, 0.2) is 0 Å². The van der Waals surface area contributed by atoms with E-state index in [2.05, 4.69) is 5.32 Å². The highest BCUT2D eigenvalue weighted by atomic mass is 32.2. The van der Waals surface area contributed by atoms with Crippen LogP contribution in [0.4, 0.5) is 0 Å². The molecule has 2 N–H and O–H groups in total. The molecule has 0 fully saturated rings. The first-order chi connectivity index (χ1) is 9.48. The third-order valence-electron chi connectivity index (χ3n) is 2.55. The number of nitrogens with one attached hydrogen (secondary N) is 1. The van der Waals surface area contributed by atoms with E-state index >= 15 is 0 Å². The van der Waals surface area contributed by atoms with Crippen LogP contribution in [0.3, 0.4) is 0 Å². The second-order valence-corrected chi connectivity index (χ2v) is 6.46. The Balaban J connectivity index is 2.31. The summed E-state index contributed by atoms with van der Waals surface area (Å²) in [6, 6.07) is 3.10. The fourth-order valence-electron chi connectivity index (χ4n) is 1.45. The maximum atomic E-state index is 11.8. The topological polar surface area (TPSA) is 92.0 Å². The first-order valence-corrected chi connectivity index (χ1v) is 7.83. The maximum Gasteiger partial charge on any atom is 0.275 e. The van der Waals surface area contributed by atoms with Gasteiger partial charge in [-0.2, -0.15) is 0 Å². The van der Waals surface area contributed by atoms with Crippen LogP contribution in [0, 0.1) is 0 Å². The van der Waals surface area contributed by atoms with Crippen molar-refractivity contribution in [2.45, 2.75) is 18.1 Å². The van der Waals surface area contributed by atoms with Crippen molar-refractivity contribution in [2.75, 3.05) is 40.5 Å². The highest BCUT2D eigenvalue weighted by Gasteiger charge is 2.21. The lowest BCUT2D eigenvalue weighted by atomic mass is 10.4. The number of sulfonamides is 1. The summed E-state index contributed by atoms with van der Waals surface area (Å²) in [5, 5.41) is 11.6. The molecule has 8 heteroatoms. The Kier molecular flexibility index (Phi) is 7.17. The molecule has 0 aliphatic heterocycles. The monoisotopic (exact) mass is 306 g/mol. The molecule has 0 amide bonds. The van der Waals surface area contributed by atoms with Crippen molar-refractivity contribution < 1.29 is 22.7 Å². The quantitative estimate of drug-likeness (QED) is 0.592. The lowest BCUT2D eigenvalue weighted by molar-refractivity contribution is 0.0906. The Morgan fingerprint density at radius 2 is 2.10 bits per heavy atom. The molecular weight excluding hydrogens is 284 g/mol. The van der Waals surface area contributed by atoms with Crippen molar-refractivity contribution in [1.82, 2.24) is 9.62 Å². The fraction of sp³-hybridized carbons (Fsp3) is 0.667. The highest BCUT2D eigenvalue weighted by Crippen LogP contribution is 2.16. The zero-order valence-corrected chi connectivity index (χ0v) is 12.6. The molecule has 0 aromatic carbocycles. The molecule has 0 unspecified atom stereocenters. The van der Waals surface area contributed by atoms with Gasteiger partial charge < -0.3 is 19.6 Å². The minimum atomic E-state index is -3.51. The van der Waals surface area contributed by atoms with Gasteiger partial charge in [0.2, 0.25) is 5.09 Å². The minimum Gasteiger partial charge on any atom is -0.447 e. The van der Waals surface area contributed by atoms with Crippen LogP contribution < -0.4 is 5.32 Å². The van der Waals surface area contributed by atoms with Gasteiger partial charge in [-0.25, -0.2) is 12.7 Å². The van der Waals surface area contributed by atoms with Crippen LogP contribution >= 0.6 is 0 Å². The van der Waals surface area contributed by atoms with Crippen molar-refractivity contribution in [3.8, 4) is 0 Å².